The lowest BCUT2D eigenvalue weighted by Crippen LogP contribution is -2.48. The van der Waals surface area contributed by atoms with Crippen LogP contribution in [-0.2, 0) is 23.8 Å². The molecular formula is C17H21NO6. The van der Waals surface area contributed by atoms with Gasteiger partial charge in [0.05, 0.1) is 19.9 Å². The third-order valence-corrected chi connectivity index (χ3v) is 3.61. The molecule has 7 heteroatoms. The van der Waals surface area contributed by atoms with Crippen LogP contribution >= 0.6 is 0 Å². The number of benzene rings is 1. The molecule has 2 atom stereocenters. The fraction of sp³-hybridized carbons (Fsp3) is 0.471. The summed E-state index contributed by atoms with van der Waals surface area (Å²) in [7, 11) is 2.43. The predicted octanol–water partition coefficient (Wildman–Crippen LogP) is 2.24. The molecule has 130 valence electrons. The van der Waals surface area contributed by atoms with Gasteiger partial charge in [-0.3, -0.25) is 9.69 Å². The van der Waals surface area contributed by atoms with Gasteiger partial charge in [0.1, 0.15) is 11.5 Å². The Morgan fingerprint density at radius 2 is 1.58 bits per heavy atom. The van der Waals surface area contributed by atoms with E-state index in [4.69, 9.17) is 14.2 Å². The van der Waals surface area contributed by atoms with Crippen molar-refractivity contribution in [1.82, 2.24) is 0 Å². The summed E-state index contributed by atoms with van der Waals surface area (Å²) in [5, 5.41) is 0. The second-order valence-electron chi connectivity index (χ2n) is 6.38. The van der Waals surface area contributed by atoms with Crippen LogP contribution in [0.4, 0.5) is 10.5 Å². The Morgan fingerprint density at radius 1 is 1.00 bits per heavy atom. The quantitative estimate of drug-likeness (QED) is 0.609. The summed E-state index contributed by atoms with van der Waals surface area (Å²) in [6.07, 6.45) is -0.725. The molecule has 0 radical (unpaired) electrons. The first-order chi connectivity index (χ1) is 11.2. The van der Waals surface area contributed by atoms with Crippen LogP contribution in [0.5, 0.6) is 0 Å². The van der Waals surface area contributed by atoms with Crippen LogP contribution in [-0.4, -0.2) is 43.9 Å². The molecular weight excluding hydrogens is 314 g/mol. The summed E-state index contributed by atoms with van der Waals surface area (Å²) in [4.78, 5) is 38.4. The largest absolute Gasteiger partial charge is 0.468 e. The zero-order valence-electron chi connectivity index (χ0n) is 14.4. The molecule has 1 heterocycles. The average molecular weight is 335 g/mol. The van der Waals surface area contributed by atoms with Crippen LogP contribution in [0.15, 0.2) is 24.3 Å². The second-order valence-corrected chi connectivity index (χ2v) is 6.38. The van der Waals surface area contributed by atoms with Crippen LogP contribution in [0.25, 0.3) is 0 Å². The lowest BCUT2D eigenvalue weighted by Gasteiger charge is -2.28. The highest BCUT2D eigenvalue weighted by molar-refractivity contribution is 6.05. The lowest BCUT2D eigenvalue weighted by molar-refractivity contribution is -0.150. The smallest absolute Gasteiger partial charge is 0.415 e. The molecule has 0 unspecified atom stereocenters. The number of ether oxygens (including phenoxy) is 3. The number of amides is 1. The Balaban J connectivity index is 2.55. The highest BCUT2D eigenvalue weighted by Crippen LogP contribution is 2.42. The SMILES string of the molecule is COC(=O)[C@@H]1[C@@H](C(=O)OC)c2ccccc2N1C(=O)OC(C)(C)C. The average Bonchev–Trinajstić information content (AvgIpc) is 2.87. The first kappa shape index (κ1) is 17.8. The molecule has 0 saturated heterocycles. The molecule has 0 aromatic heterocycles. The monoisotopic (exact) mass is 335 g/mol. The first-order valence-electron chi connectivity index (χ1n) is 7.48. The fourth-order valence-electron chi connectivity index (χ4n) is 2.71. The number of nitrogens with zero attached hydrogens (tertiary/aromatic N) is 1. The maximum atomic E-state index is 12.7. The standard InChI is InChI=1S/C17H21NO6/c1-17(2,3)24-16(21)18-11-9-7-6-8-10(11)12(14(19)22-4)13(18)15(20)23-5/h6-9,12-13H,1-5H3/t12-,13-/m0/s1. The summed E-state index contributed by atoms with van der Waals surface area (Å²) in [6, 6.07) is 5.59. The summed E-state index contributed by atoms with van der Waals surface area (Å²) >= 11 is 0. The topological polar surface area (TPSA) is 82.1 Å². The molecule has 1 aromatic carbocycles. The Labute approximate surface area is 140 Å². The Bertz CT molecular complexity index is 663. The van der Waals surface area contributed by atoms with Gasteiger partial charge < -0.3 is 14.2 Å². The van der Waals surface area contributed by atoms with Crippen LogP contribution < -0.4 is 4.90 Å². The van der Waals surface area contributed by atoms with E-state index in [1.54, 1.807) is 45.0 Å². The van der Waals surface area contributed by atoms with Gasteiger partial charge in [-0.1, -0.05) is 18.2 Å². The van der Waals surface area contributed by atoms with Crippen molar-refractivity contribution in [2.45, 2.75) is 38.3 Å². The maximum absolute atomic E-state index is 12.7. The number of fused-ring (bicyclic) bond motifs is 1. The van der Waals surface area contributed by atoms with Crippen LogP contribution in [0, 0.1) is 0 Å². The Hall–Kier alpha value is -2.57. The van der Waals surface area contributed by atoms with Crippen molar-refractivity contribution >= 4 is 23.7 Å². The molecule has 0 fully saturated rings. The van der Waals surface area contributed by atoms with Crippen LogP contribution in [0.3, 0.4) is 0 Å². The fourth-order valence-corrected chi connectivity index (χ4v) is 2.71. The minimum absolute atomic E-state index is 0.428. The van der Waals surface area contributed by atoms with Gasteiger partial charge in [-0.2, -0.15) is 0 Å². The van der Waals surface area contributed by atoms with Crippen LogP contribution in [0.1, 0.15) is 32.3 Å². The highest BCUT2D eigenvalue weighted by atomic mass is 16.6. The van der Waals surface area contributed by atoms with Gasteiger partial charge in [0.15, 0.2) is 6.04 Å². The van der Waals surface area contributed by atoms with Crippen molar-refractivity contribution < 1.29 is 28.6 Å². The number of para-hydroxylation sites is 1. The first-order valence-corrected chi connectivity index (χ1v) is 7.48. The lowest BCUT2D eigenvalue weighted by atomic mass is 9.95. The third-order valence-electron chi connectivity index (χ3n) is 3.61. The number of carbonyl (C=O) groups excluding carboxylic acids is 3. The normalized spacial score (nSPS) is 19.5. The molecule has 1 amide bonds. The van der Waals surface area contributed by atoms with E-state index in [2.05, 4.69) is 0 Å². The van der Waals surface area contributed by atoms with Crippen LogP contribution in [0.2, 0.25) is 0 Å². The molecule has 7 nitrogen and oxygen atoms in total. The van der Waals surface area contributed by atoms with E-state index >= 15 is 0 Å². The summed E-state index contributed by atoms with van der Waals surface area (Å²) in [6.45, 7) is 5.16. The number of hydrogen-bond donors (Lipinski definition) is 0. The van der Waals surface area contributed by atoms with Gasteiger partial charge in [0, 0.05) is 0 Å². The third kappa shape index (κ3) is 3.20. The summed E-state index contributed by atoms with van der Waals surface area (Å²) in [5.41, 5.74) is 0.193. The minimum atomic E-state index is -1.17. The molecule has 0 spiro atoms. The zero-order chi connectivity index (χ0) is 18.1. The number of rotatable bonds is 2. The molecule has 2 rings (SSSR count). The van der Waals surface area contributed by atoms with E-state index in [1.807, 2.05) is 0 Å². The number of methoxy groups -OCH3 is 2. The van der Waals surface area contributed by atoms with E-state index in [1.165, 1.54) is 14.2 Å². The number of anilines is 1. The van der Waals surface area contributed by atoms with E-state index in [-0.39, 0.29) is 0 Å². The number of esters is 2. The summed E-state index contributed by atoms with van der Waals surface area (Å²) < 4.78 is 15.0. The van der Waals surface area contributed by atoms with Crippen molar-refractivity contribution in [3.05, 3.63) is 29.8 Å². The highest BCUT2D eigenvalue weighted by Gasteiger charge is 2.51. The Morgan fingerprint density at radius 3 is 2.12 bits per heavy atom. The molecule has 0 saturated carbocycles. The van der Waals surface area contributed by atoms with E-state index in [0.29, 0.717) is 11.3 Å². The Kier molecular flexibility index (Phi) is 4.82. The summed E-state index contributed by atoms with van der Waals surface area (Å²) in [5.74, 6) is -2.30. The van der Waals surface area contributed by atoms with Gasteiger partial charge in [-0.25, -0.2) is 9.59 Å². The zero-order valence-corrected chi connectivity index (χ0v) is 14.4. The van der Waals surface area contributed by atoms with Gasteiger partial charge >= 0.3 is 18.0 Å². The molecule has 0 N–H and O–H groups in total. The molecule has 1 aliphatic heterocycles. The second kappa shape index (κ2) is 6.51. The minimum Gasteiger partial charge on any atom is -0.468 e. The van der Waals surface area contributed by atoms with Gasteiger partial charge in [0.2, 0.25) is 0 Å². The molecule has 1 aromatic rings. The molecule has 1 aliphatic rings. The maximum Gasteiger partial charge on any atom is 0.415 e. The molecule has 0 aliphatic carbocycles. The van der Waals surface area contributed by atoms with Gasteiger partial charge in [-0.15, -0.1) is 0 Å². The van der Waals surface area contributed by atoms with Crippen molar-refractivity contribution in [3.8, 4) is 0 Å². The van der Waals surface area contributed by atoms with Gasteiger partial charge in [-0.05, 0) is 32.4 Å². The van der Waals surface area contributed by atoms with Crippen molar-refractivity contribution in [2.24, 2.45) is 0 Å². The van der Waals surface area contributed by atoms with Crippen molar-refractivity contribution in [3.63, 3.8) is 0 Å². The molecule has 24 heavy (non-hydrogen) atoms. The van der Waals surface area contributed by atoms with Gasteiger partial charge in [0.25, 0.3) is 0 Å². The van der Waals surface area contributed by atoms with E-state index in [0.717, 1.165) is 4.90 Å². The number of hydrogen-bond acceptors (Lipinski definition) is 6. The van der Waals surface area contributed by atoms with E-state index < -0.39 is 35.6 Å². The van der Waals surface area contributed by atoms with E-state index in [9.17, 15) is 14.4 Å². The molecule has 0 bridgehead atoms. The number of carbonyl (C=O) groups is 3. The van der Waals surface area contributed by atoms with Crippen molar-refractivity contribution in [1.29, 1.82) is 0 Å². The van der Waals surface area contributed by atoms with Crippen molar-refractivity contribution in [2.75, 3.05) is 19.1 Å². The predicted molar refractivity (Wildman–Crippen MR) is 85.7 cm³/mol.